The summed E-state index contributed by atoms with van der Waals surface area (Å²) in [4.78, 5) is 9.91. The molecule has 0 spiro atoms. The van der Waals surface area contributed by atoms with Gasteiger partial charge in [-0.05, 0) is 6.07 Å². The summed E-state index contributed by atoms with van der Waals surface area (Å²) in [7, 11) is 0. The Kier molecular flexibility index (Phi) is 4.09. The van der Waals surface area contributed by atoms with E-state index < -0.39 is 0 Å². The number of quaternary nitrogens is 2. The lowest BCUT2D eigenvalue weighted by Gasteiger charge is -2.29. The van der Waals surface area contributed by atoms with Crippen LogP contribution in [-0.4, -0.2) is 31.2 Å². The smallest absolute Gasteiger partial charge is 0.167 e. The van der Waals surface area contributed by atoms with E-state index in [1.165, 1.54) is 48.2 Å². The van der Waals surface area contributed by atoms with Crippen molar-refractivity contribution in [3.63, 3.8) is 0 Å². The number of H-pyrrole nitrogens is 2. The van der Waals surface area contributed by atoms with E-state index in [9.17, 15) is 0 Å². The molecule has 0 aliphatic carbocycles. The third-order valence-electron chi connectivity index (χ3n) is 5.02. The zero-order valence-electron chi connectivity index (χ0n) is 13.4. The molecule has 1 fully saturated rings. The van der Waals surface area contributed by atoms with E-state index in [2.05, 4.69) is 52.6 Å². The molecule has 3 heterocycles. The lowest BCUT2D eigenvalue weighted by molar-refractivity contribution is -1.02. The third-order valence-corrected chi connectivity index (χ3v) is 5.02. The van der Waals surface area contributed by atoms with Crippen LogP contribution < -0.4 is 14.8 Å². The molecule has 4 N–H and O–H groups in total. The van der Waals surface area contributed by atoms with Crippen LogP contribution in [0.1, 0.15) is 11.1 Å². The van der Waals surface area contributed by atoms with Crippen LogP contribution in [0.15, 0.2) is 55.0 Å². The highest BCUT2D eigenvalue weighted by molar-refractivity contribution is 5.82. The first-order chi connectivity index (χ1) is 11.4. The van der Waals surface area contributed by atoms with Crippen molar-refractivity contribution in [1.82, 2.24) is 4.98 Å². The molecular weight excluding hydrogens is 284 g/mol. The summed E-state index contributed by atoms with van der Waals surface area (Å²) in [6, 6.07) is 13.0. The maximum Gasteiger partial charge on any atom is 0.167 e. The maximum atomic E-state index is 3.40. The lowest BCUT2D eigenvalue weighted by atomic mass is 10.1. The van der Waals surface area contributed by atoms with Crippen molar-refractivity contribution >= 4 is 10.9 Å². The van der Waals surface area contributed by atoms with Gasteiger partial charge in [0.25, 0.3) is 0 Å². The number of aromatic amines is 2. The Bertz CT molecular complexity index is 757. The topological polar surface area (TPSA) is 38.8 Å². The van der Waals surface area contributed by atoms with Crippen LogP contribution in [0.3, 0.4) is 0 Å². The van der Waals surface area contributed by atoms with Gasteiger partial charge in [-0.1, -0.05) is 18.2 Å². The second-order valence-corrected chi connectivity index (χ2v) is 6.62. The van der Waals surface area contributed by atoms with Crippen molar-refractivity contribution in [1.29, 1.82) is 0 Å². The number of fused-ring (bicyclic) bond motifs is 1. The van der Waals surface area contributed by atoms with E-state index in [1.807, 2.05) is 12.4 Å². The number of hydrogen-bond donors (Lipinski definition) is 3. The summed E-state index contributed by atoms with van der Waals surface area (Å²) in [6.07, 6.45) is 6.23. The van der Waals surface area contributed by atoms with Crippen LogP contribution in [-0.2, 0) is 13.1 Å². The molecule has 4 heteroatoms. The number of pyridine rings is 1. The van der Waals surface area contributed by atoms with Crippen molar-refractivity contribution in [2.45, 2.75) is 13.1 Å². The fraction of sp³-hybridized carbons (Fsp3) is 0.316. The number of hydrogen-bond acceptors (Lipinski definition) is 0. The van der Waals surface area contributed by atoms with Crippen LogP contribution in [0.5, 0.6) is 0 Å². The fourth-order valence-electron chi connectivity index (χ4n) is 3.69. The molecule has 1 aliphatic rings. The highest BCUT2D eigenvalue weighted by Crippen LogP contribution is 2.16. The monoisotopic (exact) mass is 309 g/mol. The Balaban J connectivity index is 1.35. The summed E-state index contributed by atoms with van der Waals surface area (Å²) in [6.45, 7) is 7.32. The molecule has 1 saturated heterocycles. The molecule has 0 bridgehead atoms. The molecule has 3 aromatic rings. The lowest BCUT2D eigenvalue weighted by Crippen LogP contribution is -3.27. The molecule has 118 valence electrons. The summed E-state index contributed by atoms with van der Waals surface area (Å²) in [5.41, 5.74) is 4.14. The van der Waals surface area contributed by atoms with Gasteiger partial charge in [-0.3, -0.25) is 0 Å². The summed E-state index contributed by atoms with van der Waals surface area (Å²) >= 11 is 0. The predicted octanol–water partition coefficient (Wildman–Crippen LogP) is -0.534. The standard InChI is InChI=1S/C19H22N4/c1-2-4-19-18(3-1)17(13-21-19)15-23-11-9-22(10-12-23)14-16-5-7-20-8-6-16/h1-8,13,21H,9-12,14-15H2/p+3. The molecule has 2 aromatic heterocycles. The average Bonchev–Trinajstić information content (AvgIpc) is 3.01. The van der Waals surface area contributed by atoms with Gasteiger partial charge in [0.15, 0.2) is 12.4 Å². The second-order valence-electron chi connectivity index (χ2n) is 6.62. The zero-order valence-corrected chi connectivity index (χ0v) is 13.4. The number of benzene rings is 1. The van der Waals surface area contributed by atoms with E-state index in [0.717, 1.165) is 13.1 Å². The third kappa shape index (κ3) is 3.28. The molecule has 0 radical (unpaired) electrons. The minimum atomic E-state index is 1.14. The Labute approximate surface area is 136 Å². The van der Waals surface area contributed by atoms with E-state index >= 15 is 0 Å². The van der Waals surface area contributed by atoms with Crippen molar-refractivity contribution < 1.29 is 14.8 Å². The van der Waals surface area contributed by atoms with Crippen LogP contribution in [0.2, 0.25) is 0 Å². The van der Waals surface area contributed by atoms with Gasteiger partial charge in [-0.2, -0.15) is 0 Å². The number of nitrogens with one attached hydrogen (secondary N) is 4. The van der Waals surface area contributed by atoms with Crippen molar-refractivity contribution in [2.24, 2.45) is 0 Å². The summed E-state index contributed by atoms with van der Waals surface area (Å²) in [5, 5.41) is 1.38. The molecule has 23 heavy (non-hydrogen) atoms. The molecular formula is C19H25N4+3. The van der Waals surface area contributed by atoms with E-state index in [4.69, 9.17) is 0 Å². The molecule has 4 rings (SSSR count). The van der Waals surface area contributed by atoms with Gasteiger partial charge in [0.1, 0.15) is 39.3 Å². The molecule has 0 amide bonds. The van der Waals surface area contributed by atoms with Crippen LogP contribution >= 0.6 is 0 Å². The fourth-order valence-corrected chi connectivity index (χ4v) is 3.69. The summed E-state index contributed by atoms with van der Waals surface area (Å²) in [5.74, 6) is 0. The van der Waals surface area contributed by atoms with Gasteiger partial charge in [0.2, 0.25) is 0 Å². The first kappa shape index (κ1) is 14.4. The minimum Gasteiger partial charge on any atom is -0.361 e. The number of para-hydroxylation sites is 1. The average molecular weight is 309 g/mol. The van der Waals surface area contributed by atoms with Gasteiger partial charge in [0.05, 0.1) is 0 Å². The van der Waals surface area contributed by atoms with Crippen LogP contribution in [0.25, 0.3) is 10.9 Å². The van der Waals surface area contributed by atoms with E-state index in [-0.39, 0.29) is 0 Å². The second kappa shape index (κ2) is 6.52. The molecule has 1 aromatic carbocycles. The SMILES string of the molecule is c1ccc2c(C[NH+]3CC[NH+](Cc4cc[nH+]cc4)CC3)c[nH]c2c1. The molecule has 0 unspecified atom stereocenters. The molecule has 0 atom stereocenters. The van der Waals surface area contributed by atoms with Crippen LogP contribution in [0.4, 0.5) is 0 Å². The predicted molar refractivity (Wildman–Crippen MR) is 90.1 cm³/mol. The van der Waals surface area contributed by atoms with E-state index in [0.29, 0.717) is 0 Å². The normalized spacial score (nSPS) is 21.6. The highest BCUT2D eigenvalue weighted by Gasteiger charge is 2.23. The molecule has 0 saturated carbocycles. The van der Waals surface area contributed by atoms with E-state index in [1.54, 1.807) is 9.80 Å². The Morgan fingerprint density at radius 1 is 0.870 bits per heavy atom. The molecule has 1 aliphatic heterocycles. The van der Waals surface area contributed by atoms with Gasteiger partial charge in [0, 0.05) is 40.4 Å². The minimum absolute atomic E-state index is 1.14. The largest absolute Gasteiger partial charge is 0.361 e. The first-order valence-corrected chi connectivity index (χ1v) is 8.55. The van der Waals surface area contributed by atoms with Crippen molar-refractivity contribution in [3.8, 4) is 0 Å². The molecule has 4 nitrogen and oxygen atoms in total. The van der Waals surface area contributed by atoms with Gasteiger partial charge < -0.3 is 14.8 Å². The Morgan fingerprint density at radius 2 is 1.57 bits per heavy atom. The highest BCUT2D eigenvalue weighted by atomic mass is 15.3. The summed E-state index contributed by atoms with van der Waals surface area (Å²) < 4.78 is 0. The number of rotatable bonds is 4. The number of piperazine rings is 1. The zero-order chi connectivity index (χ0) is 15.5. The van der Waals surface area contributed by atoms with Gasteiger partial charge in [-0.15, -0.1) is 0 Å². The quantitative estimate of drug-likeness (QED) is 0.580. The van der Waals surface area contributed by atoms with Gasteiger partial charge in [-0.25, -0.2) is 4.98 Å². The Morgan fingerprint density at radius 3 is 2.35 bits per heavy atom. The van der Waals surface area contributed by atoms with Crippen molar-refractivity contribution in [2.75, 3.05) is 26.2 Å². The number of aromatic nitrogens is 2. The maximum absolute atomic E-state index is 3.40. The van der Waals surface area contributed by atoms with Crippen molar-refractivity contribution in [3.05, 3.63) is 66.1 Å². The van der Waals surface area contributed by atoms with Crippen LogP contribution in [0, 0.1) is 0 Å². The Hall–Kier alpha value is -2.17. The first-order valence-electron chi connectivity index (χ1n) is 8.55. The van der Waals surface area contributed by atoms with Gasteiger partial charge >= 0.3 is 0 Å².